The lowest BCUT2D eigenvalue weighted by atomic mass is 9.86. The number of hydrogen-bond acceptors (Lipinski definition) is 3. The third-order valence-electron chi connectivity index (χ3n) is 2.80. The highest BCUT2D eigenvalue weighted by molar-refractivity contribution is 5.85. The van der Waals surface area contributed by atoms with E-state index in [0.29, 0.717) is 5.69 Å². The minimum atomic E-state index is -4.29. The fraction of sp³-hybridized carbons (Fsp3) is 0.556. The van der Waals surface area contributed by atoms with E-state index in [-0.39, 0.29) is 24.8 Å². The Morgan fingerprint density at radius 3 is 2.75 bits per heavy atom. The average Bonchev–Trinajstić information content (AvgIpc) is 2.58. The van der Waals surface area contributed by atoms with Gasteiger partial charge >= 0.3 is 6.18 Å². The van der Waals surface area contributed by atoms with Gasteiger partial charge in [0.1, 0.15) is 5.69 Å². The number of carbonyl (C=O) groups excluding carboxylic acids is 1. The van der Waals surface area contributed by atoms with Crippen molar-refractivity contribution in [3.8, 4) is 0 Å². The zero-order valence-electron chi connectivity index (χ0n) is 8.10. The van der Waals surface area contributed by atoms with Gasteiger partial charge in [0.2, 0.25) is 0 Å². The molecule has 2 rings (SSSR count). The number of aromatic amines is 1. The van der Waals surface area contributed by atoms with Crippen molar-refractivity contribution in [1.82, 2.24) is 10.2 Å². The number of carboxylic acids is 1. The van der Waals surface area contributed by atoms with E-state index in [1.54, 1.807) is 0 Å². The molecule has 0 bridgehead atoms. The lowest BCUT2D eigenvalue weighted by Gasteiger charge is -2.24. The van der Waals surface area contributed by atoms with Gasteiger partial charge in [-0.15, -0.1) is 0 Å². The van der Waals surface area contributed by atoms with Crippen LogP contribution >= 0.6 is 0 Å². The van der Waals surface area contributed by atoms with Crippen LogP contribution in [-0.2, 0) is 12.8 Å². The highest BCUT2D eigenvalue weighted by atomic mass is 19.4. The van der Waals surface area contributed by atoms with Crippen LogP contribution in [0.3, 0.4) is 0 Å². The maximum absolute atomic E-state index is 12.5. The Hall–Kier alpha value is -1.53. The van der Waals surface area contributed by atoms with Crippen LogP contribution in [0.2, 0.25) is 0 Å². The number of aromatic carboxylic acids is 1. The van der Waals surface area contributed by atoms with E-state index in [0.717, 1.165) is 0 Å². The Bertz CT molecular complexity index is 425. The van der Waals surface area contributed by atoms with E-state index in [9.17, 15) is 23.1 Å². The number of hydrogen-bond donors (Lipinski definition) is 1. The van der Waals surface area contributed by atoms with Crippen molar-refractivity contribution in [3.05, 3.63) is 17.0 Å². The molecular weight excluding hydrogens is 225 g/mol. The van der Waals surface area contributed by atoms with Gasteiger partial charge in [0.05, 0.1) is 11.9 Å². The topological polar surface area (TPSA) is 68.8 Å². The molecule has 1 aromatic heterocycles. The van der Waals surface area contributed by atoms with Crippen molar-refractivity contribution in [3.63, 3.8) is 0 Å². The predicted molar refractivity (Wildman–Crippen MR) is 44.5 cm³/mol. The summed E-state index contributed by atoms with van der Waals surface area (Å²) in [5, 5.41) is 16.5. The van der Waals surface area contributed by atoms with Gasteiger partial charge < -0.3 is 9.90 Å². The second kappa shape index (κ2) is 3.50. The van der Waals surface area contributed by atoms with E-state index in [2.05, 4.69) is 10.2 Å². The molecule has 1 atom stereocenters. The van der Waals surface area contributed by atoms with Gasteiger partial charge in [-0.05, 0) is 19.3 Å². The first-order valence-corrected chi connectivity index (χ1v) is 4.73. The van der Waals surface area contributed by atoms with Crippen molar-refractivity contribution < 1.29 is 23.1 Å². The van der Waals surface area contributed by atoms with Crippen LogP contribution in [0.5, 0.6) is 0 Å². The molecule has 1 N–H and O–H groups in total. The quantitative estimate of drug-likeness (QED) is 0.765. The van der Waals surface area contributed by atoms with Gasteiger partial charge in [0.25, 0.3) is 0 Å². The van der Waals surface area contributed by atoms with E-state index in [1.165, 1.54) is 0 Å². The zero-order chi connectivity index (χ0) is 11.9. The molecule has 0 unspecified atom stereocenters. The number of rotatable bonds is 1. The molecule has 0 amide bonds. The van der Waals surface area contributed by atoms with Gasteiger partial charge in [-0.2, -0.15) is 18.3 Å². The lowest BCUT2D eigenvalue weighted by molar-refractivity contribution is -0.255. The summed E-state index contributed by atoms with van der Waals surface area (Å²) in [6.07, 6.45) is -4.50. The highest BCUT2D eigenvalue weighted by Crippen LogP contribution is 2.37. The fourth-order valence-electron chi connectivity index (χ4n) is 1.94. The Labute approximate surface area is 88.5 Å². The van der Waals surface area contributed by atoms with Gasteiger partial charge in [0.15, 0.2) is 0 Å². The van der Waals surface area contributed by atoms with Crippen molar-refractivity contribution in [2.75, 3.05) is 0 Å². The van der Waals surface area contributed by atoms with E-state index in [4.69, 9.17) is 0 Å². The molecular formula is C9H8F3N2O2-. The summed E-state index contributed by atoms with van der Waals surface area (Å²) < 4.78 is 37.4. The molecule has 0 radical (unpaired) electrons. The minimum Gasteiger partial charge on any atom is -0.543 e. The maximum Gasteiger partial charge on any atom is 0.392 e. The molecule has 0 aromatic carbocycles. The third-order valence-corrected chi connectivity index (χ3v) is 2.80. The van der Waals surface area contributed by atoms with Gasteiger partial charge in [-0.25, -0.2) is 0 Å². The number of halogens is 3. The molecule has 0 fully saturated rings. The van der Waals surface area contributed by atoms with E-state index < -0.39 is 23.8 Å². The Balaban J connectivity index is 2.31. The molecule has 1 heterocycles. The van der Waals surface area contributed by atoms with Crippen molar-refractivity contribution >= 4 is 5.97 Å². The summed E-state index contributed by atoms with van der Waals surface area (Å²) >= 11 is 0. The van der Waals surface area contributed by atoms with Crippen LogP contribution in [0.25, 0.3) is 0 Å². The summed E-state index contributed by atoms with van der Waals surface area (Å²) in [6, 6.07) is 0. The molecule has 0 spiro atoms. The molecule has 7 heteroatoms. The number of H-pyrrole nitrogens is 1. The van der Waals surface area contributed by atoms with Crippen molar-refractivity contribution in [2.24, 2.45) is 5.92 Å². The molecule has 1 aliphatic rings. The molecule has 1 aliphatic carbocycles. The summed E-state index contributed by atoms with van der Waals surface area (Å²) in [4.78, 5) is 10.6. The van der Waals surface area contributed by atoms with E-state index in [1.807, 2.05) is 0 Å². The summed E-state index contributed by atoms with van der Waals surface area (Å²) in [5.41, 5.74) is 0.206. The molecule has 0 saturated heterocycles. The Kier molecular flexibility index (Phi) is 2.40. The second-order valence-electron chi connectivity index (χ2n) is 3.80. The van der Waals surface area contributed by atoms with Crippen LogP contribution < -0.4 is 5.11 Å². The lowest BCUT2D eigenvalue weighted by Crippen LogP contribution is -2.31. The first kappa shape index (κ1) is 11.0. The number of alkyl halides is 3. The number of aryl methyl sites for hydroxylation is 1. The van der Waals surface area contributed by atoms with Crippen LogP contribution in [0.4, 0.5) is 13.2 Å². The monoisotopic (exact) mass is 233 g/mol. The highest BCUT2D eigenvalue weighted by Gasteiger charge is 2.42. The molecule has 16 heavy (non-hydrogen) atoms. The number of nitrogens with zero attached hydrogens (tertiary/aromatic N) is 1. The van der Waals surface area contributed by atoms with Crippen LogP contribution in [0.15, 0.2) is 0 Å². The summed E-state index contributed by atoms with van der Waals surface area (Å²) in [5.74, 6) is -3.03. The number of fused-ring (bicyclic) bond motifs is 1. The molecule has 0 saturated carbocycles. The number of carbonyl (C=O) groups is 1. The molecule has 4 nitrogen and oxygen atoms in total. The largest absolute Gasteiger partial charge is 0.543 e. The average molecular weight is 233 g/mol. The molecule has 1 aromatic rings. The second-order valence-corrected chi connectivity index (χ2v) is 3.80. The standard InChI is InChI=1S/C9H9F3N2O2/c10-9(11,12)4-1-2-6-5(3-4)7(8(15)16)14-13-6/h4H,1-3H2,(H,13,14)(H,15,16)/p-1/t4-/m1/s1. The maximum atomic E-state index is 12.5. The summed E-state index contributed by atoms with van der Waals surface area (Å²) in [6.45, 7) is 0. The number of carboxylic acid groups (broad SMARTS) is 1. The molecule has 88 valence electrons. The SMILES string of the molecule is O=C([O-])c1n[nH]c2c1C[C@H](C(F)(F)F)CC2. The van der Waals surface area contributed by atoms with Gasteiger partial charge in [0, 0.05) is 11.3 Å². The van der Waals surface area contributed by atoms with Crippen molar-refractivity contribution in [1.29, 1.82) is 0 Å². The number of nitrogens with one attached hydrogen (secondary N) is 1. The number of aromatic nitrogens is 2. The van der Waals surface area contributed by atoms with Gasteiger partial charge in [-0.3, -0.25) is 5.10 Å². The summed E-state index contributed by atoms with van der Waals surface area (Å²) in [7, 11) is 0. The molecule has 0 aliphatic heterocycles. The third kappa shape index (κ3) is 1.77. The Morgan fingerprint density at radius 1 is 1.50 bits per heavy atom. The normalized spacial score (nSPS) is 20.6. The minimum absolute atomic E-state index is 0.0365. The smallest absolute Gasteiger partial charge is 0.392 e. The first-order chi connectivity index (χ1) is 7.39. The van der Waals surface area contributed by atoms with Gasteiger partial charge in [-0.1, -0.05) is 0 Å². The van der Waals surface area contributed by atoms with Crippen LogP contribution in [0.1, 0.15) is 28.2 Å². The van der Waals surface area contributed by atoms with Crippen LogP contribution in [-0.4, -0.2) is 22.3 Å². The van der Waals surface area contributed by atoms with Crippen LogP contribution in [0, 0.1) is 5.92 Å². The fourth-order valence-corrected chi connectivity index (χ4v) is 1.94. The predicted octanol–water partition coefficient (Wildman–Crippen LogP) is 0.440. The zero-order valence-corrected chi connectivity index (χ0v) is 8.10. The Morgan fingerprint density at radius 2 is 2.19 bits per heavy atom. The van der Waals surface area contributed by atoms with E-state index >= 15 is 0 Å². The first-order valence-electron chi connectivity index (χ1n) is 4.73. The van der Waals surface area contributed by atoms with Crippen molar-refractivity contribution in [2.45, 2.75) is 25.4 Å².